The van der Waals surface area contributed by atoms with Gasteiger partial charge in [-0.05, 0) is 31.5 Å². The maximum atomic E-state index is 13.4. The maximum Gasteiger partial charge on any atom is 0.270 e. The van der Waals surface area contributed by atoms with Crippen LogP contribution in [0.5, 0.6) is 0 Å². The summed E-state index contributed by atoms with van der Waals surface area (Å²) < 4.78 is 2.16. The van der Waals surface area contributed by atoms with Crippen molar-refractivity contribution in [1.29, 1.82) is 5.26 Å². The number of thiocarbonyl (C=S) groups is 1. The molecule has 1 aromatic rings. The molecule has 0 bridgehead atoms. The van der Waals surface area contributed by atoms with Crippen molar-refractivity contribution in [2.24, 2.45) is 7.05 Å². The summed E-state index contributed by atoms with van der Waals surface area (Å²) in [6.45, 7) is 11.2. The third-order valence-corrected chi connectivity index (χ3v) is 9.35. The molecule has 2 aliphatic heterocycles. The van der Waals surface area contributed by atoms with Crippen LogP contribution in [0, 0.1) is 18.3 Å². The van der Waals surface area contributed by atoms with Gasteiger partial charge in [0.15, 0.2) is 0 Å². The summed E-state index contributed by atoms with van der Waals surface area (Å²) in [6, 6.07) is 2.09. The van der Waals surface area contributed by atoms with E-state index in [9.17, 15) is 14.9 Å². The molecule has 0 saturated carbocycles. The Labute approximate surface area is 244 Å². The van der Waals surface area contributed by atoms with Crippen molar-refractivity contribution >= 4 is 46.1 Å². The minimum absolute atomic E-state index is 0.0746. The van der Waals surface area contributed by atoms with Crippen LogP contribution in [0.1, 0.15) is 94.7 Å². The highest BCUT2D eigenvalue weighted by Crippen LogP contribution is 2.36. The van der Waals surface area contributed by atoms with Crippen LogP contribution in [-0.2, 0) is 11.8 Å². The number of nitrogens with zero attached hydrogens (tertiary/aromatic N) is 5. The molecule has 0 aliphatic carbocycles. The van der Waals surface area contributed by atoms with E-state index in [1.807, 2.05) is 13.0 Å². The molecular formula is C30H45N5O2S2. The molecule has 0 spiro atoms. The third-order valence-electron chi connectivity index (χ3n) is 7.97. The second kappa shape index (κ2) is 15.6. The number of hydrogen-bond donors (Lipinski definition) is 0. The van der Waals surface area contributed by atoms with Gasteiger partial charge in [-0.3, -0.25) is 19.1 Å². The molecule has 0 atom stereocenters. The number of pyridine rings is 1. The van der Waals surface area contributed by atoms with Gasteiger partial charge in [-0.15, -0.1) is 0 Å². The number of piperazine rings is 1. The zero-order valence-electron chi connectivity index (χ0n) is 24.3. The maximum absolute atomic E-state index is 13.4. The van der Waals surface area contributed by atoms with Gasteiger partial charge in [0.2, 0.25) is 0 Å². The molecule has 2 fully saturated rings. The monoisotopic (exact) mass is 571 g/mol. The van der Waals surface area contributed by atoms with Gasteiger partial charge in [0, 0.05) is 45.3 Å². The normalized spacial score (nSPS) is 17.5. The van der Waals surface area contributed by atoms with E-state index in [0.29, 0.717) is 21.3 Å². The predicted molar refractivity (Wildman–Crippen MR) is 167 cm³/mol. The summed E-state index contributed by atoms with van der Waals surface area (Å²) in [7, 11) is 1.72. The molecule has 9 heteroatoms. The van der Waals surface area contributed by atoms with Crippen LogP contribution >= 0.6 is 24.0 Å². The zero-order chi connectivity index (χ0) is 28.4. The van der Waals surface area contributed by atoms with Crippen molar-refractivity contribution in [2.45, 2.75) is 85.0 Å². The molecule has 3 rings (SSSR count). The van der Waals surface area contributed by atoms with Gasteiger partial charge in [-0.2, -0.15) is 5.26 Å². The smallest absolute Gasteiger partial charge is 0.270 e. The highest BCUT2D eigenvalue weighted by atomic mass is 32.2. The van der Waals surface area contributed by atoms with E-state index >= 15 is 0 Å². The van der Waals surface area contributed by atoms with Crippen molar-refractivity contribution in [3.63, 3.8) is 0 Å². The average Bonchev–Trinajstić information content (AvgIpc) is 3.20. The summed E-state index contributed by atoms with van der Waals surface area (Å²) in [5, 5.41) is 9.73. The molecule has 0 aromatic carbocycles. The van der Waals surface area contributed by atoms with Crippen LogP contribution in [0.2, 0.25) is 0 Å². The third kappa shape index (κ3) is 7.96. The molecule has 2 aliphatic rings. The Morgan fingerprint density at radius 3 is 2.10 bits per heavy atom. The molecule has 0 N–H and O–H groups in total. The number of thioether (sulfide) groups is 1. The van der Waals surface area contributed by atoms with Gasteiger partial charge in [-0.25, -0.2) is 0 Å². The Morgan fingerprint density at radius 2 is 1.54 bits per heavy atom. The highest BCUT2D eigenvalue weighted by Gasteiger charge is 2.33. The van der Waals surface area contributed by atoms with Gasteiger partial charge in [0.25, 0.3) is 11.5 Å². The molecule has 214 valence electrons. The number of carbonyl (C=O) groups excluding carboxylic acids is 1. The van der Waals surface area contributed by atoms with Crippen LogP contribution in [0.15, 0.2) is 9.70 Å². The lowest BCUT2D eigenvalue weighted by atomic mass is 10.0. The molecule has 7 nitrogen and oxygen atoms in total. The molecule has 2 saturated heterocycles. The van der Waals surface area contributed by atoms with Crippen LogP contribution in [0.25, 0.3) is 6.08 Å². The van der Waals surface area contributed by atoms with Crippen LogP contribution < -0.4 is 10.5 Å². The fraction of sp³-hybridized carbons (Fsp3) is 0.667. The number of hydrogen-bond acceptors (Lipinski definition) is 7. The lowest BCUT2D eigenvalue weighted by Gasteiger charge is -2.37. The number of likely N-dealkylation sites (N-methyl/N-ethyl adjacent to an activating group) is 1. The molecule has 0 unspecified atom stereocenters. The first-order valence-electron chi connectivity index (χ1n) is 14.7. The van der Waals surface area contributed by atoms with Crippen molar-refractivity contribution in [3.8, 4) is 6.07 Å². The van der Waals surface area contributed by atoms with Gasteiger partial charge < -0.3 is 9.80 Å². The summed E-state index contributed by atoms with van der Waals surface area (Å²) in [4.78, 5) is 33.3. The number of aromatic nitrogens is 1. The van der Waals surface area contributed by atoms with E-state index in [0.717, 1.165) is 56.9 Å². The summed E-state index contributed by atoms with van der Waals surface area (Å²) >= 11 is 6.92. The quantitative estimate of drug-likeness (QED) is 0.158. The van der Waals surface area contributed by atoms with Gasteiger partial charge >= 0.3 is 0 Å². The standard InChI is InChI=1S/C30H45N5O2S2/c1-5-7-8-9-10-11-12-13-14-15-16-35-29(37)26(39-30(35)38)21-24-23(3)25(22-31)28(36)32(4)27(24)34-19-17-33(6-2)18-20-34/h21H,5-20H2,1-4H3/b26-21+. The Bertz CT molecular complexity index is 1150. The minimum Gasteiger partial charge on any atom is -0.355 e. The minimum atomic E-state index is -0.298. The van der Waals surface area contributed by atoms with E-state index in [2.05, 4.69) is 29.7 Å². The molecule has 39 heavy (non-hydrogen) atoms. The fourth-order valence-electron chi connectivity index (χ4n) is 5.45. The van der Waals surface area contributed by atoms with E-state index in [1.165, 1.54) is 63.1 Å². The predicted octanol–water partition coefficient (Wildman–Crippen LogP) is 5.83. The molecule has 3 heterocycles. The largest absolute Gasteiger partial charge is 0.355 e. The zero-order valence-corrected chi connectivity index (χ0v) is 25.9. The van der Waals surface area contributed by atoms with E-state index < -0.39 is 0 Å². The molecule has 1 aromatic heterocycles. The van der Waals surface area contributed by atoms with Crippen molar-refractivity contribution in [3.05, 3.63) is 31.9 Å². The van der Waals surface area contributed by atoms with Crippen LogP contribution in [-0.4, -0.2) is 63.9 Å². The summed E-state index contributed by atoms with van der Waals surface area (Å²) in [6.07, 6.45) is 14.3. The first-order chi connectivity index (χ1) is 18.8. The lowest BCUT2D eigenvalue weighted by Crippen LogP contribution is -2.48. The van der Waals surface area contributed by atoms with E-state index in [4.69, 9.17) is 12.2 Å². The van der Waals surface area contributed by atoms with Gasteiger partial charge in [-0.1, -0.05) is 95.6 Å². The van der Waals surface area contributed by atoms with Crippen molar-refractivity contribution < 1.29 is 4.79 Å². The number of rotatable bonds is 14. The Kier molecular flexibility index (Phi) is 12.5. The summed E-state index contributed by atoms with van der Waals surface area (Å²) in [5.74, 6) is 0.696. The highest BCUT2D eigenvalue weighted by molar-refractivity contribution is 8.26. The number of unbranched alkanes of at least 4 members (excludes halogenated alkanes) is 9. The topological polar surface area (TPSA) is 72.6 Å². The Hall–Kier alpha value is -2.15. The average molecular weight is 572 g/mol. The second-order valence-corrected chi connectivity index (χ2v) is 12.3. The first kappa shape index (κ1) is 31.4. The van der Waals surface area contributed by atoms with Crippen LogP contribution in [0.4, 0.5) is 5.82 Å². The lowest BCUT2D eigenvalue weighted by molar-refractivity contribution is -0.122. The Balaban J connectivity index is 1.70. The number of carbonyl (C=O) groups is 1. The Morgan fingerprint density at radius 1 is 0.949 bits per heavy atom. The van der Waals surface area contributed by atoms with Crippen molar-refractivity contribution in [2.75, 3.05) is 44.2 Å². The van der Waals surface area contributed by atoms with Gasteiger partial charge in [0.1, 0.15) is 21.8 Å². The first-order valence-corrected chi connectivity index (χ1v) is 15.9. The molecule has 0 radical (unpaired) electrons. The fourth-order valence-corrected chi connectivity index (χ4v) is 6.74. The van der Waals surface area contributed by atoms with Crippen molar-refractivity contribution in [1.82, 2.24) is 14.4 Å². The summed E-state index contributed by atoms with van der Waals surface area (Å²) in [5.41, 5.74) is 1.21. The van der Waals surface area contributed by atoms with Gasteiger partial charge in [0.05, 0.1) is 4.91 Å². The van der Waals surface area contributed by atoms with Crippen LogP contribution in [0.3, 0.4) is 0 Å². The molecule has 1 amide bonds. The van der Waals surface area contributed by atoms with E-state index in [-0.39, 0.29) is 17.0 Å². The van der Waals surface area contributed by atoms with E-state index in [1.54, 1.807) is 16.5 Å². The SMILES string of the molecule is CCCCCCCCCCCCN1C(=O)/C(=C\c2c(C)c(C#N)c(=O)n(C)c2N2CCN(CC)CC2)SC1=S. The number of nitriles is 1. The number of amides is 1. The number of anilines is 1. The second-order valence-electron chi connectivity index (χ2n) is 10.6. The molecular weight excluding hydrogens is 526 g/mol.